The normalized spacial score (nSPS) is 16.1. The van der Waals surface area contributed by atoms with Gasteiger partial charge in [0.2, 0.25) is 0 Å². The van der Waals surface area contributed by atoms with Gasteiger partial charge in [0, 0.05) is 17.0 Å². The molecule has 3 heteroatoms. The third-order valence-corrected chi connectivity index (χ3v) is 3.57. The number of hydrogen-bond acceptors (Lipinski definition) is 3. The summed E-state index contributed by atoms with van der Waals surface area (Å²) in [6, 6.07) is 0. The summed E-state index contributed by atoms with van der Waals surface area (Å²) in [5.74, 6) is 0. The Labute approximate surface area is 76.0 Å². The highest BCUT2D eigenvalue weighted by atomic mass is 32.1. The second-order valence-electron chi connectivity index (χ2n) is 3.20. The molecule has 2 rings (SSSR count). The summed E-state index contributed by atoms with van der Waals surface area (Å²) in [6.45, 7) is 0.577. The fraction of sp³-hybridized carbons (Fsp3) is 0.556. The summed E-state index contributed by atoms with van der Waals surface area (Å²) in [6.07, 6.45) is 4.61. The minimum Gasteiger partial charge on any atom is -0.499 e. The van der Waals surface area contributed by atoms with E-state index in [-0.39, 0.29) is 0 Å². The number of hydrogen-bond donors (Lipinski definition) is 2. The van der Waals surface area contributed by atoms with Gasteiger partial charge in [-0.1, -0.05) is 0 Å². The molecular weight excluding hydrogens is 170 g/mol. The van der Waals surface area contributed by atoms with Crippen molar-refractivity contribution in [2.75, 3.05) is 0 Å². The van der Waals surface area contributed by atoms with Crippen LogP contribution in [0.4, 0.5) is 0 Å². The molecule has 2 nitrogen and oxygen atoms in total. The molecule has 0 saturated heterocycles. The van der Waals surface area contributed by atoms with Crippen molar-refractivity contribution < 1.29 is 5.11 Å². The molecule has 0 aromatic carbocycles. The highest BCUT2D eigenvalue weighted by Crippen LogP contribution is 2.38. The number of thiophene rings is 1. The van der Waals surface area contributed by atoms with Crippen LogP contribution < -0.4 is 5.73 Å². The molecule has 66 valence electrons. The molecule has 1 aromatic rings. The second-order valence-corrected chi connectivity index (χ2v) is 4.28. The summed E-state index contributed by atoms with van der Waals surface area (Å²) < 4.78 is 0. The maximum Gasteiger partial charge on any atom is 0.174 e. The van der Waals surface area contributed by atoms with Gasteiger partial charge in [-0.25, -0.2) is 0 Å². The molecule has 1 aliphatic carbocycles. The number of nitrogens with two attached hydrogens (primary N) is 1. The van der Waals surface area contributed by atoms with Crippen LogP contribution in [0.2, 0.25) is 0 Å². The Hall–Kier alpha value is -0.540. The van der Waals surface area contributed by atoms with Crippen molar-refractivity contribution in [2.45, 2.75) is 32.2 Å². The first-order valence-electron chi connectivity index (χ1n) is 4.35. The van der Waals surface area contributed by atoms with Gasteiger partial charge < -0.3 is 10.8 Å². The van der Waals surface area contributed by atoms with Crippen molar-refractivity contribution in [2.24, 2.45) is 5.73 Å². The zero-order chi connectivity index (χ0) is 8.55. The lowest BCUT2D eigenvalue weighted by atomic mass is 9.93. The third-order valence-electron chi connectivity index (χ3n) is 2.47. The first-order chi connectivity index (χ1) is 5.83. The highest BCUT2D eigenvalue weighted by Gasteiger charge is 2.19. The molecule has 0 aliphatic heterocycles. The van der Waals surface area contributed by atoms with E-state index >= 15 is 0 Å². The molecule has 1 aliphatic rings. The average molecular weight is 183 g/mol. The van der Waals surface area contributed by atoms with Crippen LogP contribution in [0.25, 0.3) is 0 Å². The maximum atomic E-state index is 9.57. The van der Waals surface area contributed by atoms with E-state index in [0.29, 0.717) is 11.6 Å². The number of aromatic hydroxyl groups is 1. The summed E-state index contributed by atoms with van der Waals surface area (Å²) in [4.78, 5) is 1.18. The zero-order valence-electron chi connectivity index (χ0n) is 6.97. The van der Waals surface area contributed by atoms with E-state index in [1.54, 1.807) is 0 Å². The standard InChI is InChI=1S/C9H13NOS/c10-5-8-6-3-1-2-4-7(6)9(11)12-8/h11H,1-5,10H2. The first-order valence-corrected chi connectivity index (χ1v) is 5.17. The van der Waals surface area contributed by atoms with Gasteiger partial charge in [-0.2, -0.15) is 0 Å². The Morgan fingerprint density at radius 2 is 1.92 bits per heavy atom. The quantitative estimate of drug-likeness (QED) is 0.697. The minimum atomic E-state index is 0.505. The van der Waals surface area contributed by atoms with Crippen LogP contribution in [0.5, 0.6) is 5.06 Å². The highest BCUT2D eigenvalue weighted by molar-refractivity contribution is 7.14. The van der Waals surface area contributed by atoms with Gasteiger partial charge in [0.15, 0.2) is 5.06 Å². The zero-order valence-corrected chi connectivity index (χ0v) is 7.78. The largest absolute Gasteiger partial charge is 0.499 e. The van der Waals surface area contributed by atoms with Crippen LogP contribution >= 0.6 is 11.3 Å². The number of fused-ring (bicyclic) bond motifs is 1. The summed E-state index contributed by atoms with van der Waals surface area (Å²) in [5.41, 5.74) is 8.10. The van der Waals surface area contributed by atoms with E-state index in [2.05, 4.69) is 0 Å². The lowest BCUT2D eigenvalue weighted by Gasteiger charge is -2.11. The molecule has 0 amide bonds. The summed E-state index contributed by atoms with van der Waals surface area (Å²) in [7, 11) is 0. The van der Waals surface area contributed by atoms with E-state index in [9.17, 15) is 5.11 Å². The van der Waals surface area contributed by atoms with Crippen molar-refractivity contribution in [3.8, 4) is 5.06 Å². The topological polar surface area (TPSA) is 46.2 Å². The molecule has 0 unspecified atom stereocenters. The van der Waals surface area contributed by atoms with Crippen molar-refractivity contribution in [1.29, 1.82) is 0 Å². The van der Waals surface area contributed by atoms with E-state index in [4.69, 9.17) is 5.73 Å². The average Bonchev–Trinajstić information content (AvgIpc) is 2.44. The van der Waals surface area contributed by atoms with E-state index in [1.165, 1.54) is 40.2 Å². The smallest absolute Gasteiger partial charge is 0.174 e. The van der Waals surface area contributed by atoms with Crippen LogP contribution in [-0.4, -0.2) is 5.11 Å². The molecule has 0 atom stereocenters. The predicted octanol–water partition coefficient (Wildman–Crippen LogP) is 1.79. The molecule has 12 heavy (non-hydrogen) atoms. The van der Waals surface area contributed by atoms with Crippen LogP contribution in [0.3, 0.4) is 0 Å². The van der Waals surface area contributed by atoms with Crippen LogP contribution in [0, 0.1) is 0 Å². The Morgan fingerprint density at radius 1 is 1.25 bits per heavy atom. The Bertz CT molecular complexity index is 293. The van der Waals surface area contributed by atoms with Gasteiger partial charge in [0.1, 0.15) is 0 Å². The molecular formula is C9H13NOS. The molecule has 0 radical (unpaired) electrons. The van der Waals surface area contributed by atoms with Crippen LogP contribution in [0.1, 0.15) is 28.8 Å². The van der Waals surface area contributed by atoms with Gasteiger partial charge in [0.25, 0.3) is 0 Å². The lowest BCUT2D eigenvalue weighted by Crippen LogP contribution is -2.04. The molecule has 1 heterocycles. The van der Waals surface area contributed by atoms with Crippen LogP contribution in [0.15, 0.2) is 0 Å². The van der Waals surface area contributed by atoms with Crippen molar-refractivity contribution in [3.63, 3.8) is 0 Å². The van der Waals surface area contributed by atoms with Gasteiger partial charge in [-0.05, 0) is 31.2 Å². The fourth-order valence-electron chi connectivity index (χ4n) is 1.85. The Kier molecular flexibility index (Phi) is 2.07. The minimum absolute atomic E-state index is 0.505. The van der Waals surface area contributed by atoms with Gasteiger partial charge in [-0.15, -0.1) is 11.3 Å². The van der Waals surface area contributed by atoms with Gasteiger partial charge in [-0.3, -0.25) is 0 Å². The predicted molar refractivity (Wildman–Crippen MR) is 50.5 cm³/mol. The molecule has 3 N–H and O–H groups in total. The van der Waals surface area contributed by atoms with Crippen molar-refractivity contribution in [1.82, 2.24) is 0 Å². The van der Waals surface area contributed by atoms with Crippen molar-refractivity contribution in [3.05, 3.63) is 16.0 Å². The molecule has 0 bridgehead atoms. The van der Waals surface area contributed by atoms with Gasteiger partial charge in [0.05, 0.1) is 0 Å². The van der Waals surface area contributed by atoms with Crippen molar-refractivity contribution >= 4 is 11.3 Å². The summed E-state index contributed by atoms with van der Waals surface area (Å²) >= 11 is 1.46. The third kappa shape index (κ3) is 1.13. The molecule has 0 spiro atoms. The second kappa shape index (κ2) is 3.07. The molecule has 0 fully saturated rings. The first kappa shape index (κ1) is 8.08. The molecule has 1 aromatic heterocycles. The van der Waals surface area contributed by atoms with E-state index < -0.39 is 0 Å². The fourth-order valence-corrected chi connectivity index (χ4v) is 2.87. The Balaban J connectivity index is 2.47. The van der Waals surface area contributed by atoms with Crippen LogP contribution in [-0.2, 0) is 19.4 Å². The van der Waals surface area contributed by atoms with E-state index in [1.807, 2.05) is 0 Å². The lowest BCUT2D eigenvalue weighted by molar-refractivity contribution is 0.479. The van der Waals surface area contributed by atoms with Gasteiger partial charge >= 0.3 is 0 Å². The SMILES string of the molecule is NCc1sc(O)c2c1CCCC2. The monoisotopic (exact) mass is 183 g/mol. The summed E-state index contributed by atoms with van der Waals surface area (Å²) in [5, 5.41) is 10.1. The van der Waals surface area contributed by atoms with E-state index in [0.717, 1.165) is 12.8 Å². The molecule has 0 saturated carbocycles. The Morgan fingerprint density at radius 3 is 2.58 bits per heavy atom. The maximum absolute atomic E-state index is 9.57. The number of rotatable bonds is 1.